The van der Waals surface area contributed by atoms with Gasteiger partial charge in [0.25, 0.3) is 6.48 Å². The third kappa shape index (κ3) is 4.14. The zero-order chi connectivity index (χ0) is 8.91. The zero-order valence-electron chi connectivity index (χ0n) is 7.08. The molecular weight excluding hydrogens is 144 g/mol. The highest BCUT2D eigenvalue weighted by Crippen LogP contribution is 2.22. The first kappa shape index (κ1) is 10.6. The minimum Gasteiger partial charge on any atom is -0.346 e. The van der Waals surface area contributed by atoms with E-state index >= 15 is 0 Å². The van der Waals surface area contributed by atoms with Crippen LogP contribution in [0.4, 0.5) is 0 Å². The van der Waals surface area contributed by atoms with E-state index in [9.17, 15) is 0 Å². The van der Waals surface area contributed by atoms with Gasteiger partial charge in [-0.3, -0.25) is 0 Å². The van der Waals surface area contributed by atoms with Crippen LogP contribution in [0.5, 0.6) is 0 Å². The second kappa shape index (κ2) is 4.49. The van der Waals surface area contributed by atoms with Crippen LogP contribution in [0.15, 0.2) is 12.7 Å². The van der Waals surface area contributed by atoms with Crippen molar-refractivity contribution in [1.29, 1.82) is 0 Å². The molecule has 0 saturated carbocycles. The molecule has 0 aliphatic heterocycles. The van der Waals surface area contributed by atoms with Gasteiger partial charge < -0.3 is 14.9 Å². The number of ether oxygens (including phenoxy) is 1. The first-order valence-corrected chi connectivity index (χ1v) is 3.65. The summed E-state index contributed by atoms with van der Waals surface area (Å²) in [5, 5.41) is 16.8. The minimum absolute atomic E-state index is 0.163. The maximum Gasteiger partial charge on any atom is 0.266 e. The Bertz CT molecular complexity index is 123. The fraction of sp³-hybridized carbons (Fsp3) is 0.750. The molecule has 0 rings (SSSR count). The van der Waals surface area contributed by atoms with Gasteiger partial charge in [-0.1, -0.05) is 19.9 Å². The summed E-state index contributed by atoms with van der Waals surface area (Å²) >= 11 is 0. The van der Waals surface area contributed by atoms with Crippen molar-refractivity contribution in [3.8, 4) is 0 Å². The largest absolute Gasteiger partial charge is 0.346 e. The molecule has 0 spiro atoms. The fourth-order valence-electron chi connectivity index (χ4n) is 0.570. The highest BCUT2D eigenvalue weighted by Gasteiger charge is 2.18. The molecule has 11 heavy (non-hydrogen) atoms. The lowest BCUT2D eigenvalue weighted by atomic mass is 9.89. The Labute approximate surface area is 67.3 Å². The Morgan fingerprint density at radius 2 is 2.18 bits per heavy atom. The molecule has 0 radical (unpaired) electrons. The van der Waals surface area contributed by atoms with Gasteiger partial charge in [-0.25, -0.2) is 0 Å². The molecule has 0 bridgehead atoms. The monoisotopic (exact) mass is 160 g/mol. The van der Waals surface area contributed by atoms with E-state index in [0.29, 0.717) is 0 Å². The van der Waals surface area contributed by atoms with E-state index in [4.69, 9.17) is 10.2 Å². The molecule has 0 aromatic carbocycles. The zero-order valence-corrected chi connectivity index (χ0v) is 7.08. The van der Waals surface area contributed by atoms with Gasteiger partial charge >= 0.3 is 0 Å². The molecule has 0 saturated heterocycles. The first-order chi connectivity index (χ1) is 5.04. The van der Waals surface area contributed by atoms with E-state index in [-0.39, 0.29) is 12.0 Å². The van der Waals surface area contributed by atoms with Gasteiger partial charge in [-0.05, 0) is 6.42 Å². The van der Waals surface area contributed by atoms with Crippen molar-refractivity contribution < 1.29 is 14.9 Å². The van der Waals surface area contributed by atoms with Gasteiger partial charge in [0.05, 0.1) is 6.61 Å². The van der Waals surface area contributed by atoms with E-state index in [2.05, 4.69) is 11.3 Å². The second-order valence-electron chi connectivity index (χ2n) is 2.85. The van der Waals surface area contributed by atoms with Crippen LogP contribution in [0.2, 0.25) is 0 Å². The molecule has 3 heteroatoms. The predicted octanol–water partition coefficient (Wildman–Crippen LogP) is 0.873. The summed E-state index contributed by atoms with van der Waals surface area (Å²) in [4.78, 5) is 0. The van der Waals surface area contributed by atoms with Crippen LogP contribution >= 0.6 is 0 Å². The van der Waals surface area contributed by atoms with E-state index < -0.39 is 6.48 Å². The van der Waals surface area contributed by atoms with Crippen molar-refractivity contribution >= 4 is 0 Å². The van der Waals surface area contributed by atoms with Crippen LogP contribution in [-0.2, 0) is 4.74 Å². The Hall–Kier alpha value is -0.380. The first-order valence-electron chi connectivity index (χ1n) is 3.65. The number of hydrogen-bond donors (Lipinski definition) is 2. The van der Waals surface area contributed by atoms with Crippen LogP contribution < -0.4 is 0 Å². The van der Waals surface area contributed by atoms with Crippen molar-refractivity contribution in [1.82, 2.24) is 0 Å². The van der Waals surface area contributed by atoms with E-state index in [0.717, 1.165) is 6.42 Å². The molecule has 1 unspecified atom stereocenters. The molecule has 0 aliphatic rings. The quantitative estimate of drug-likeness (QED) is 0.463. The van der Waals surface area contributed by atoms with Gasteiger partial charge in [-0.2, -0.15) is 0 Å². The average Bonchev–Trinajstić information content (AvgIpc) is 2.00. The number of aliphatic hydroxyl groups excluding tert-OH is 1. The number of hydrogen-bond acceptors (Lipinski definition) is 3. The maximum atomic E-state index is 8.41. The molecule has 0 heterocycles. The Morgan fingerprint density at radius 3 is 2.45 bits per heavy atom. The van der Waals surface area contributed by atoms with Crippen LogP contribution in [0.1, 0.15) is 20.3 Å². The molecule has 0 aromatic rings. The molecule has 2 N–H and O–H groups in total. The maximum absolute atomic E-state index is 8.41. The van der Waals surface area contributed by atoms with Crippen molar-refractivity contribution in [2.45, 2.75) is 26.7 Å². The summed E-state index contributed by atoms with van der Waals surface area (Å²) in [5.74, 6) is 0. The topological polar surface area (TPSA) is 49.7 Å². The average molecular weight is 160 g/mol. The van der Waals surface area contributed by atoms with Crippen molar-refractivity contribution in [2.24, 2.45) is 5.41 Å². The normalized spacial score (nSPS) is 16.5. The summed E-state index contributed by atoms with van der Waals surface area (Å²) < 4.78 is 4.63. The van der Waals surface area contributed by atoms with Gasteiger partial charge in [0, 0.05) is 5.41 Å². The van der Waals surface area contributed by atoms with Crippen LogP contribution in [0.3, 0.4) is 0 Å². The van der Waals surface area contributed by atoms with Gasteiger partial charge in [0.2, 0.25) is 0 Å². The molecular formula is C8H16O3. The van der Waals surface area contributed by atoms with Crippen LogP contribution in [0, 0.1) is 5.41 Å². The summed E-state index contributed by atoms with van der Waals surface area (Å²) in [5.41, 5.74) is -0.163. The van der Waals surface area contributed by atoms with Crippen molar-refractivity contribution in [2.75, 3.05) is 6.61 Å². The highest BCUT2D eigenvalue weighted by atomic mass is 16.7. The lowest BCUT2D eigenvalue weighted by molar-refractivity contribution is -0.242. The Kier molecular flexibility index (Phi) is 4.33. The van der Waals surface area contributed by atoms with Crippen LogP contribution in [-0.4, -0.2) is 23.3 Å². The standard InChI is InChI=1S/C8H16O3/c1-4-8(3,5-2)6-11-7(9)10/h4,7,9-10H,1,5-6H2,2-3H3. The predicted molar refractivity (Wildman–Crippen MR) is 42.8 cm³/mol. The third-order valence-electron chi connectivity index (χ3n) is 1.86. The van der Waals surface area contributed by atoms with Crippen LogP contribution in [0.25, 0.3) is 0 Å². The minimum atomic E-state index is -1.68. The van der Waals surface area contributed by atoms with E-state index in [1.165, 1.54) is 0 Å². The molecule has 0 fully saturated rings. The van der Waals surface area contributed by atoms with E-state index in [1.807, 2.05) is 13.8 Å². The summed E-state index contributed by atoms with van der Waals surface area (Å²) in [6, 6.07) is 0. The van der Waals surface area contributed by atoms with Gasteiger partial charge in [0.15, 0.2) is 0 Å². The fourth-order valence-corrected chi connectivity index (χ4v) is 0.570. The summed E-state index contributed by atoms with van der Waals surface area (Å²) in [6.07, 6.45) is 2.62. The molecule has 0 aliphatic carbocycles. The molecule has 66 valence electrons. The molecule has 0 aromatic heterocycles. The van der Waals surface area contributed by atoms with Crippen molar-refractivity contribution in [3.63, 3.8) is 0 Å². The smallest absolute Gasteiger partial charge is 0.266 e. The van der Waals surface area contributed by atoms with Gasteiger partial charge in [0.1, 0.15) is 0 Å². The summed E-state index contributed by atoms with van der Waals surface area (Å²) in [6.45, 7) is 6.18. The molecule has 3 nitrogen and oxygen atoms in total. The second-order valence-corrected chi connectivity index (χ2v) is 2.85. The lowest BCUT2D eigenvalue weighted by Crippen LogP contribution is -2.24. The van der Waals surface area contributed by atoms with Crippen molar-refractivity contribution in [3.05, 3.63) is 12.7 Å². The van der Waals surface area contributed by atoms with E-state index in [1.54, 1.807) is 6.08 Å². The van der Waals surface area contributed by atoms with Gasteiger partial charge in [-0.15, -0.1) is 6.58 Å². The Morgan fingerprint density at radius 1 is 1.64 bits per heavy atom. The summed E-state index contributed by atoms with van der Waals surface area (Å²) in [7, 11) is 0. The third-order valence-corrected chi connectivity index (χ3v) is 1.86. The Balaban J connectivity index is 3.78. The number of aliphatic hydroxyl groups is 2. The molecule has 0 amide bonds. The SMILES string of the molecule is C=CC(C)(CC)COC(O)O. The lowest BCUT2D eigenvalue weighted by Gasteiger charge is -2.23. The molecule has 1 atom stereocenters. The number of rotatable bonds is 5. The highest BCUT2D eigenvalue weighted by molar-refractivity contribution is 4.89.